The van der Waals surface area contributed by atoms with Gasteiger partial charge in [-0.1, -0.05) is 37.6 Å². The van der Waals surface area contributed by atoms with Crippen molar-refractivity contribution in [2.45, 2.75) is 26.6 Å². The SMILES string of the molecule is CC.Cc1cc2c(cc1-c1ccc(NC(=O)c3ccccc3Cl)nc1)OC1(COC1)O2. The summed E-state index contributed by atoms with van der Waals surface area (Å²) in [6.07, 6.45) is 1.72. The Morgan fingerprint density at radius 1 is 1.06 bits per heavy atom. The molecule has 7 heteroatoms. The Morgan fingerprint density at radius 3 is 2.39 bits per heavy atom. The van der Waals surface area contributed by atoms with Crippen LogP contribution in [0.3, 0.4) is 0 Å². The molecule has 2 aliphatic rings. The molecule has 0 bridgehead atoms. The Kier molecular flexibility index (Phi) is 5.85. The van der Waals surface area contributed by atoms with E-state index in [4.69, 9.17) is 25.8 Å². The van der Waals surface area contributed by atoms with E-state index in [1.54, 1.807) is 36.5 Å². The Hall–Kier alpha value is -3.09. The van der Waals surface area contributed by atoms with Gasteiger partial charge in [0.25, 0.3) is 11.7 Å². The fraction of sp³-hybridized carbons (Fsp3) is 0.250. The van der Waals surface area contributed by atoms with Gasteiger partial charge in [0.05, 0.1) is 10.6 Å². The van der Waals surface area contributed by atoms with E-state index in [9.17, 15) is 4.79 Å². The van der Waals surface area contributed by atoms with Crippen molar-refractivity contribution in [3.8, 4) is 22.6 Å². The monoisotopic (exact) mass is 438 g/mol. The van der Waals surface area contributed by atoms with Gasteiger partial charge in [0, 0.05) is 11.8 Å². The number of aromatic nitrogens is 1. The van der Waals surface area contributed by atoms with Crippen molar-refractivity contribution in [3.05, 3.63) is 70.9 Å². The second kappa shape index (κ2) is 8.57. The van der Waals surface area contributed by atoms with Crippen molar-refractivity contribution in [2.75, 3.05) is 18.5 Å². The van der Waals surface area contributed by atoms with Crippen LogP contribution in [0.5, 0.6) is 11.5 Å². The third kappa shape index (κ3) is 4.09. The lowest BCUT2D eigenvalue weighted by atomic mass is 10.0. The first-order chi connectivity index (χ1) is 15.0. The summed E-state index contributed by atoms with van der Waals surface area (Å²) in [5.74, 6) is 0.903. The summed E-state index contributed by atoms with van der Waals surface area (Å²) in [6, 6.07) is 14.5. The van der Waals surface area contributed by atoms with Crippen LogP contribution >= 0.6 is 11.6 Å². The maximum absolute atomic E-state index is 12.4. The number of halogens is 1. The van der Waals surface area contributed by atoms with Crippen molar-refractivity contribution in [2.24, 2.45) is 0 Å². The minimum atomic E-state index is -0.668. The van der Waals surface area contributed by atoms with Gasteiger partial charge < -0.3 is 19.5 Å². The van der Waals surface area contributed by atoms with Gasteiger partial charge in [-0.3, -0.25) is 4.79 Å². The minimum Gasteiger partial charge on any atom is -0.444 e. The van der Waals surface area contributed by atoms with E-state index in [-0.39, 0.29) is 5.91 Å². The quantitative estimate of drug-likeness (QED) is 0.585. The molecule has 1 amide bonds. The van der Waals surface area contributed by atoms with Gasteiger partial charge in [0.15, 0.2) is 11.5 Å². The first-order valence-electron chi connectivity index (χ1n) is 10.2. The van der Waals surface area contributed by atoms with Crippen molar-refractivity contribution in [1.82, 2.24) is 4.98 Å². The minimum absolute atomic E-state index is 0.303. The largest absolute Gasteiger partial charge is 0.444 e. The van der Waals surface area contributed by atoms with Crippen LogP contribution in [0.1, 0.15) is 29.8 Å². The van der Waals surface area contributed by atoms with Crippen LogP contribution in [0.2, 0.25) is 5.02 Å². The second-order valence-corrected chi connectivity index (χ2v) is 7.49. The summed E-state index contributed by atoms with van der Waals surface area (Å²) in [5.41, 5.74) is 3.34. The lowest BCUT2D eigenvalue weighted by Gasteiger charge is -2.34. The van der Waals surface area contributed by atoms with Crippen molar-refractivity contribution >= 4 is 23.3 Å². The summed E-state index contributed by atoms with van der Waals surface area (Å²) in [5, 5.41) is 3.16. The van der Waals surface area contributed by atoms with Crippen LogP contribution in [0.4, 0.5) is 5.82 Å². The number of nitrogens with one attached hydrogen (secondary N) is 1. The van der Waals surface area contributed by atoms with E-state index in [1.807, 2.05) is 39.0 Å². The van der Waals surface area contributed by atoms with E-state index in [2.05, 4.69) is 10.3 Å². The fourth-order valence-corrected chi connectivity index (χ4v) is 3.62. The van der Waals surface area contributed by atoms with Gasteiger partial charge >= 0.3 is 0 Å². The standard InChI is InChI=1S/C22H17ClN2O4.C2H6/c1-13-8-18-19(29-22(28-18)11-27-12-22)9-16(13)14-6-7-20(24-10-14)25-21(26)15-4-2-3-5-17(15)23;1-2/h2-10H,11-12H2,1H3,(H,24,25,26);1-2H3. The molecule has 160 valence electrons. The molecule has 3 aromatic rings. The molecule has 1 fully saturated rings. The van der Waals surface area contributed by atoms with Crippen LogP contribution in [0.15, 0.2) is 54.7 Å². The molecule has 3 heterocycles. The Labute approximate surface area is 186 Å². The number of carbonyl (C=O) groups is 1. The molecule has 0 atom stereocenters. The average molecular weight is 439 g/mol. The van der Waals surface area contributed by atoms with Crippen molar-refractivity contribution in [1.29, 1.82) is 0 Å². The normalized spacial score (nSPS) is 15.0. The fourth-order valence-electron chi connectivity index (χ4n) is 3.40. The van der Waals surface area contributed by atoms with Gasteiger partial charge in [-0.2, -0.15) is 0 Å². The Morgan fingerprint density at radius 2 is 1.77 bits per heavy atom. The smallest absolute Gasteiger partial charge is 0.298 e. The van der Waals surface area contributed by atoms with Crippen LogP contribution in [-0.4, -0.2) is 29.9 Å². The predicted molar refractivity (Wildman–Crippen MR) is 120 cm³/mol. The number of fused-ring (bicyclic) bond motifs is 1. The topological polar surface area (TPSA) is 69.7 Å². The summed E-state index contributed by atoms with van der Waals surface area (Å²) >= 11 is 6.08. The Bertz CT molecular complexity index is 1110. The lowest BCUT2D eigenvalue weighted by Crippen LogP contribution is -2.56. The second-order valence-electron chi connectivity index (χ2n) is 7.09. The van der Waals surface area contributed by atoms with E-state index in [0.717, 1.165) is 22.4 Å². The number of pyridine rings is 1. The summed E-state index contributed by atoms with van der Waals surface area (Å²) < 4.78 is 17.1. The lowest BCUT2D eigenvalue weighted by molar-refractivity contribution is -0.246. The van der Waals surface area contributed by atoms with E-state index < -0.39 is 5.79 Å². The molecule has 0 saturated carbocycles. The molecule has 5 rings (SSSR count). The van der Waals surface area contributed by atoms with Gasteiger partial charge in [-0.25, -0.2) is 4.98 Å². The average Bonchev–Trinajstić information content (AvgIpc) is 3.15. The van der Waals surface area contributed by atoms with E-state index in [1.165, 1.54) is 0 Å². The molecule has 0 radical (unpaired) electrons. The van der Waals surface area contributed by atoms with Crippen LogP contribution in [-0.2, 0) is 4.74 Å². The van der Waals surface area contributed by atoms with Gasteiger partial charge in [-0.15, -0.1) is 0 Å². The molecule has 0 unspecified atom stereocenters. The summed E-state index contributed by atoms with van der Waals surface area (Å²) in [7, 11) is 0. The molecule has 0 aliphatic carbocycles. The third-order valence-corrected chi connectivity index (χ3v) is 5.29. The summed E-state index contributed by atoms with van der Waals surface area (Å²) in [4.78, 5) is 16.8. The van der Waals surface area contributed by atoms with E-state index >= 15 is 0 Å². The first-order valence-corrected chi connectivity index (χ1v) is 10.5. The number of nitrogens with zero attached hydrogens (tertiary/aromatic N) is 1. The molecular weight excluding hydrogens is 416 g/mol. The number of ether oxygens (including phenoxy) is 3. The molecule has 2 aromatic carbocycles. The zero-order valence-corrected chi connectivity index (χ0v) is 18.3. The van der Waals surface area contributed by atoms with Crippen molar-refractivity contribution < 1.29 is 19.0 Å². The number of amides is 1. The number of carbonyl (C=O) groups excluding carboxylic acids is 1. The highest BCUT2D eigenvalue weighted by molar-refractivity contribution is 6.34. The van der Waals surface area contributed by atoms with Crippen LogP contribution in [0, 0.1) is 6.92 Å². The maximum Gasteiger partial charge on any atom is 0.298 e. The van der Waals surface area contributed by atoms with Gasteiger partial charge in [0.2, 0.25) is 0 Å². The molecular formula is C24H23ClN2O4. The highest BCUT2D eigenvalue weighted by atomic mass is 35.5. The van der Waals surface area contributed by atoms with Gasteiger partial charge in [-0.05, 0) is 54.4 Å². The molecule has 31 heavy (non-hydrogen) atoms. The molecule has 1 aromatic heterocycles. The number of anilines is 1. The number of hydrogen-bond donors (Lipinski definition) is 1. The van der Waals surface area contributed by atoms with Crippen LogP contribution < -0.4 is 14.8 Å². The van der Waals surface area contributed by atoms with Crippen molar-refractivity contribution in [3.63, 3.8) is 0 Å². The zero-order chi connectivity index (χ0) is 22.0. The number of benzene rings is 2. The molecule has 1 saturated heterocycles. The van der Waals surface area contributed by atoms with E-state index in [0.29, 0.717) is 35.4 Å². The molecule has 1 spiro atoms. The highest BCUT2D eigenvalue weighted by Crippen LogP contribution is 2.45. The summed E-state index contributed by atoms with van der Waals surface area (Å²) in [6.45, 7) is 6.86. The molecule has 6 nitrogen and oxygen atoms in total. The first kappa shape index (κ1) is 21.2. The zero-order valence-electron chi connectivity index (χ0n) is 17.6. The van der Waals surface area contributed by atoms with Gasteiger partial charge in [0.1, 0.15) is 19.0 Å². The number of hydrogen-bond acceptors (Lipinski definition) is 5. The number of aryl methyl sites for hydroxylation is 1. The Balaban J connectivity index is 0.00000112. The van der Waals surface area contributed by atoms with Crippen LogP contribution in [0.25, 0.3) is 11.1 Å². The number of rotatable bonds is 3. The third-order valence-electron chi connectivity index (χ3n) is 4.96. The molecule has 2 aliphatic heterocycles. The predicted octanol–water partition coefficient (Wildman–Crippen LogP) is 5.49. The molecule has 1 N–H and O–H groups in total. The maximum atomic E-state index is 12.4. The highest BCUT2D eigenvalue weighted by Gasteiger charge is 2.49.